The van der Waals surface area contributed by atoms with Gasteiger partial charge in [-0.05, 0) is 35.2 Å². The van der Waals surface area contributed by atoms with Crippen molar-refractivity contribution in [2.75, 3.05) is 0 Å². The number of aryl methyl sites for hydroxylation is 1. The van der Waals surface area contributed by atoms with Gasteiger partial charge in [-0.15, -0.1) is 0 Å². The second kappa shape index (κ2) is 2.31. The molecule has 52 valence electrons. The molecule has 0 N–H and O–H groups in total. The van der Waals surface area contributed by atoms with Crippen LogP contribution in [0.1, 0.15) is 17.7 Å². The monoisotopic (exact) mass is 198 g/mol. The van der Waals surface area contributed by atoms with E-state index in [1.165, 1.54) is 17.7 Å². The lowest BCUT2D eigenvalue weighted by Crippen LogP contribution is -1.90. The largest absolute Gasteiger partial charge is 0.241 e. The minimum Gasteiger partial charge on any atom is -0.241 e. The molecule has 1 aromatic heterocycles. The van der Waals surface area contributed by atoms with Crippen molar-refractivity contribution in [1.82, 2.24) is 9.97 Å². The Labute approximate surface area is 67.8 Å². The summed E-state index contributed by atoms with van der Waals surface area (Å²) in [6.07, 6.45) is 5.11. The lowest BCUT2D eigenvalue weighted by molar-refractivity contribution is 0.899. The number of halogens is 1. The molecule has 0 bridgehead atoms. The quantitative estimate of drug-likeness (QED) is 0.594. The van der Waals surface area contributed by atoms with Gasteiger partial charge < -0.3 is 0 Å². The number of aromatic nitrogens is 2. The number of hydrogen-bond acceptors (Lipinski definition) is 2. The van der Waals surface area contributed by atoms with Crippen LogP contribution in [0.5, 0.6) is 0 Å². The fourth-order valence-corrected chi connectivity index (χ4v) is 1.84. The molecule has 2 nitrogen and oxygen atoms in total. The zero-order valence-corrected chi connectivity index (χ0v) is 7.06. The SMILES string of the molecule is Brc1ncnc2c1CCC2. The molecule has 0 saturated heterocycles. The van der Waals surface area contributed by atoms with Crippen LogP contribution in [0.4, 0.5) is 0 Å². The summed E-state index contributed by atoms with van der Waals surface area (Å²) < 4.78 is 0.981. The summed E-state index contributed by atoms with van der Waals surface area (Å²) >= 11 is 3.40. The third-order valence-electron chi connectivity index (χ3n) is 1.82. The Morgan fingerprint density at radius 2 is 2.20 bits per heavy atom. The van der Waals surface area contributed by atoms with E-state index in [9.17, 15) is 0 Å². The Balaban J connectivity index is 2.59. The average molecular weight is 199 g/mol. The van der Waals surface area contributed by atoms with Gasteiger partial charge in [-0.2, -0.15) is 0 Å². The highest BCUT2D eigenvalue weighted by atomic mass is 79.9. The van der Waals surface area contributed by atoms with Crippen LogP contribution in [0.2, 0.25) is 0 Å². The first-order valence-corrected chi connectivity index (χ1v) is 4.15. The molecular formula is C7H7BrN2. The van der Waals surface area contributed by atoms with Gasteiger partial charge >= 0.3 is 0 Å². The number of fused-ring (bicyclic) bond motifs is 1. The van der Waals surface area contributed by atoms with Crippen molar-refractivity contribution in [1.29, 1.82) is 0 Å². The summed E-state index contributed by atoms with van der Waals surface area (Å²) in [5, 5.41) is 0. The van der Waals surface area contributed by atoms with E-state index in [-0.39, 0.29) is 0 Å². The van der Waals surface area contributed by atoms with Gasteiger partial charge in [0.25, 0.3) is 0 Å². The molecule has 0 fully saturated rings. The van der Waals surface area contributed by atoms with E-state index in [1.807, 2.05) is 0 Å². The molecule has 1 heterocycles. The van der Waals surface area contributed by atoms with E-state index in [0.29, 0.717) is 0 Å². The zero-order valence-electron chi connectivity index (χ0n) is 5.47. The van der Waals surface area contributed by atoms with Gasteiger partial charge in [-0.3, -0.25) is 0 Å². The zero-order chi connectivity index (χ0) is 6.97. The van der Waals surface area contributed by atoms with Crippen LogP contribution in [0.25, 0.3) is 0 Å². The summed E-state index contributed by atoms with van der Waals surface area (Å²) in [5.41, 5.74) is 2.53. The summed E-state index contributed by atoms with van der Waals surface area (Å²) in [6, 6.07) is 0. The third kappa shape index (κ3) is 0.850. The van der Waals surface area contributed by atoms with Crippen molar-refractivity contribution in [3.8, 4) is 0 Å². The molecule has 0 atom stereocenters. The number of hydrogen-bond donors (Lipinski definition) is 0. The Morgan fingerprint density at radius 1 is 1.30 bits per heavy atom. The van der Waals surface area contributed by atoms with E-state index in [1.54, 1.807) is 6.33 Å². The highest BCUT2D eigenvalue weighted by Gasteiger charge is 2.14. The lowest BCUT2D eigenvalue weighted by Gasteiger charge is -1.96. The van der Waals surface area contributed by atoms with Crippen molar-refractivity contribution in [3.05, 3.63) is 22.2 Å². The minimum absolute atomic E-state index is 0.981. The minimum atomic E-state index is 0.981. The van der Waals surface area contributed by atoms with Gasteiger partial charge in [0.2, 0.25) is 0 Å². The Bertz CT molecular complexity index is 260. The van der Waals surface area contributed by atoms with E-state index < -0.39 is 0 Å². The average Bonchev–Trinajstić information content (AvgIpc) is 2.36. The summed E-state index contributed by atoms with van der Waals surface area (Å²) in [5.74, 6) is 0. The highest BCUT2D eigenvalue weighted by Crippen LogP contribution is 2.24. The summed E-state index contributed by atoms with van der Waals surface area (Å²) in [6.45, 7) is 0. The van der Waals surface area contributed by atoms with Crippen LogP contribution in [0.15, 0.2) is 10.9 Å². The van der Waals surface area contributed by atoms with Crippen molar-refractivity contribution in [2.24, 2.45) is 0 Å². The first-order valence-electron chi connectivity index (χ1n) is 3.36. The van der Waals surface area contributed by atoms with Gasteiger partial charge in [0.15, 0.2) is 0 Å². The molecule has 0 radical (unpaired) electrons. The van der Waals surface area contributed by atoms with Crippen LogP contribution < -0.4 is 0 Å². The Kier molecular flexibility index (Phi) is 1.45. The van der Waals surface area contributed by atoms with Crippen molar-refractivity contribution in [3.63, 3.8) is 0 Å². The molecule has 1 aromatic rings. The first kappa shape index (κ1) is 6.28. The normalized spacial score (nSPS) is 15.3. The molecule has 10 heavy (non-hydrogen) atoms. The molecule has 0 amide bonds. The maximum absolute atomic E-state index is 4.18. The Hall–Kier alpha value is -0.440. The molecule has 0 unspecified atom stereocenters. The highest BCUT2D eigenvalue weighted by molar-refractivity contribution is 9.10. The molecule has 0 aliphatic heterocycles. The number of rotatable bonds is 0. The second-order valence-corrected chi connectivity index (χ2v) is 3.19. The van der Waals surface area contributed by atoms with Crippen molar-refractivity contribution < 1.29 is 0 Å². The fourth-order valence-electron chi connectivity index (χ4n) is 1.32. The smallest absolute Gasteiger partial charge is 0.116 e. The first-order chi connectivity index (χ1) is 4.88. The predicted molar refractivity (Wildman–Crippen MR) is 41.8 cm³/mol. The Morgan fingerprint density at radius 3 is 3.00 bits per heavy atom. The predicted octanol–water partition coefficient (Wildman–Crippen LogP) is 1.73. The second-order valence-electron chi connectivity index (χ2n) is 2.44. The van der Waals surface area contributed by atoms with Gasteiger partial charge in [-0.1, -0.05) is 0 Å². The van der Waals surface area contributed by atoms with Crippen LogP contribution in [-0.4, -0.2) is 9.97 Å². The van der Waals surface area contributed by atoms with E-state index in [0.717, 1.165) is 17.4 Å². The van der Waals surface area contributed by atoms with Gasteiger partial charge in [0, 0.05) is 11.3 Å². The fraction of sp³-hybridized carbons (Fsp3) is 0.429. The summed E-state index contributed by atoms with van der Waals surface area (Å²) in [4.78, 5) is 8.24. The number of nitrogens with zero attached hydrogens (tertiary/aromatic N) is 2. The topological polar surface area (TPSA) is 25.8 Å². The lowest BCUT2D eigenvalue weighted by atomic mass is 10.3. The molecule has 0 aromatic carbocycles. The van der Waals surface area contributed by atoms with E-state index in [4.69, 9.17) is 0 Å². The van der Waals surface area contributed by atoms with Gasteiger partial charge in [0.1, 0.15) is 10.9 Å². The molecule has 0 saturated carbocycles. The van der Waals surface area contributed by atoms with Crippen molar-refractivity contribution in [2.45, 2.75) is 19.3 Å². The van der Waals surface area contributed by atoms with Crippen LogP contribution in [0.3, 0.4) is 0 Å². The molecule has 1 aliphatic carbocycles. The van der Waals surface area contributed by atoms with E-state index in [2.05, 4.69) is 25.9 Å². The third-order valence-corrected chi connectivity index (χ3v) is 2.51. The maximum atomic E-state index is 4.18. The summed E-state index contributed by atoms with van der Waals surface area (Å²) in [7, 11) is 0. The van der Waals surface area contributed by atoms with Crippen LogP contribution in [0, 0.1) is 0 Å². The van der Waals surface area contributed by atoms with Crippen molar-refractivity contribution >= 4 is 15.9 Å². The molecular weight excluding hydrogens is 192 g/mol. The van der Waals surface area contributed by atoms with Crippen LogP contribution >= 0.6 is 15.9 Å². The maximum Gasteiger partial charge on any atom is 0.116 e. The molecule has 3 heteroatoms. The van der Waals surface area contributed by atoms with Gasteiger partial charge in [0.05, 0.1) is 0 Å². The van der Waals surface area contributed by atoms with Gasteiger partial charge in [-0.25, -0.2) is 9.97 Å². The molecule has 1 aliphatic rings. The van der Waals surface area contributed by atoms with Crippen LogP contribution in [-0.2, 0) is 12.8 Å². The van der Waals surface area contributed by atoms with E-state index >= 15 is 0 Å². The standard InChI is InChI=1S/C7H7BrN2/c8-7-5-2-1-3-6(5)9-4-10-7/h4H,1-3H2. The molecule has 0 spiro atoms. The molecule has 2 rings (SSSR count).